The van der Waals surface area contributed by atoms with Gasteiger partial charge in [-0.2, -0.15) is 0 Å². The van der Waals surface area contributed by atoms with Gasteiger partial charge in [0.15, 0.2) is 0 Å². The van der Waals surface area contributed by atoms with E-state index in [-0.39, 0.29) is 24.6 Å². The van der Waals surface area contributed by atoms with E-state index in [1.54, 1.807) is 60.7 Å². The van der Waals surface area contributed by atoms with Crippen molar-refractivity contribution in [1.82, 2.24) is 0 Å². The highest BCUT2D eigenvalue weighted by Gasteiger charge is 2.37. The molecule has 0 unspecified atom stereocenters. The number of esters is 2. The van der Waals surface area contributed by atoms with Gasteiger partial charge in [-0.05, 0) is 30.3 Å². The minimum atomic E-state index is -0.739. The average Bonchev–Trinajstić information content (AvgIpc) is 2.90. The summed E-state index contributed by atoms with van der Waals surface area (Å²) in [6.07, 6.45) is 0. The third kappa shape index (κ3) is 3.44. The van der Waals surface area contributed by atoms with Gasteiger partial charge in [0.2, 0.25) is 0 Å². The maximum Gasteiger partial charge on any atom is 0.355 e. The summed E-state index contributed by atoms with van der Waals surface area (Å²) in [5.41, 5.74) is 1.62. The summed E-state index contributed by atoms with van der Waals surface area (Å²) in [6.45, 7) is -0.181. The van der Waals surface area contributed by atoms with Crippen molar-refractivity contribution in [3.05, 3.63) is 83.1 Å². The first kappa shape index (κ1) is 22.3. The lowest BCUT2D eigenvalue weighted by atomic mass is 9.92. The zero-order valence-electron chi connectivity index (χ0n) is 18.9. The molecule has 2 aliphatic rings. The number of para-hydroxylation sites is 1. The van der Waals surface area contributed by atoms with E-state index in [1.807, 2.05) is 0 Å². The quantitative estimate of drug-likeness (QED) is 0.422. The first-order chi connectivity index (χ1) is 17.0. The van der Waals surface area contributed by atoms with E-state index in [1.165, 1.54) is 19.1 Å². The Kier molecular flexibility index (Phi) is 5.54. The lowest BCUT2D eigenvalue weighted by Gasteiger charge is -2.33. The SMILES string of the molecule is COC(=O)C1=C(C(=O)OC)N(c2ccc3c4c(cccc24)C(=O)N(c2ccccc2)C3=O)COC1. The van der Waals surface area contributed by atoms with Gasteiger partial charge in [-0.15, -0.1) is 0 Å². The summed E-state index contributed by atoms with van der Waals surface area (Å²) in [4.78, 5) is 54.6. The number of anilines is 2. The highest BCUT2D eigenvalue weighted by molar-refractivity contribution is 6.36. The van der Waals surface area contributed by atoms with E-state index >= 15 is 0 Å². The van der Waals surface area contributed by atoms with Gasteiger partial charge in [-0.25, -0.2) is 14.5 Å². The van der Waals surface area contributed by atoms with Crippen LogP contribution in [0.1, 0.15) is 20.7 Å². The van der Waals surface area contributed by atoms with Crippen LogP contribution in [0.25, 0.3) is 10.8 Å². The van der Waals surface area contributed by atoms with E-state index in [4.69, 9.17) is 14.2 Å². The van der Waals surface area contributed by atoms with Crippen molar-refractivity contribution in [3.63, 3.8) is 0 Å². The average molecular weight is 472 g/mol. The van der Waals surface area contributed by atoms with Crippen LogP contribution in [-0.4, -0.2) is 51.3 Å². The fourth-order valence-corrected chi connectivity index (χ4v) is 4.46. The van der Waals surface area contributed by atoms with Crippen LogP contribution >= 0.6 is 0 Å². The summed E-state index contributed by atoms with van der Waals surface area (Å²) < 4.78 is 15.3. The Bertz CT molecular complexity index is 1410. The van der Waals surface area contributed by atoms with Crippen molar-refractivity contribution in [2.24, 2.45) is 0 Å². The Morgan fingerprint density at radius 2 is 1.51 bits per heavy atom. The molecule has 0 atom stereocenters. The summed E-state index contributed by atoms with van der Waals surface area (Å²) in [7, 11) is 2.42. The van der Waals surface area contributed by atoms with Crippen molar-refractivity contribution in [3.8, 4) is 0 Å². The molecule has 3 aromatic rings. The first-order valence-corrected chi connectivity index (χ1v) is 10.7. The lowest BCUT2D eigenvalue weighted by Crippen LogP contribution is -2.41. The third-order valence-corrected chi connectivity index (χ3v) is 6.02. The molecule has 0 saturated heterocycles. The fourth-order valence-electron chi connectivity index (χ4n) is 4.46. The van der Waals surface area contributed by atoms with Gasteiger partial charge in [0.1, 0.15) is 12.4 Å². The zero-order chi connectivity index (χ0) is 24.7. The molecule has 9 nitrogen and oxygen atoms in total. The van der Waals surface area contributed by atoms with Crippen molar-refractivity contribution in [1.29, 1.82) is 0 Å². The van der Waals surface area contributed by atoms with Gasteiger partial charge in [0.25, 0.3) is 11.8 Å². The second-order valence-electron chi connectivity index (χ2n) is 7.86. The van der Waals surface area contributed by atoms with Gasteiger partial charge in [0.05, 0.1) is 37.8 Å². The van der Waals surface area contributed by atoms with Gasteiger partial charge in [0, 0.05) is 21.9 Å². The zero-order valence-corrected chi connectivity index (χ0v) is 18.9. The van der Waals surface area contributed by atoms with E-state index in [0.29, 0.717) is 33.3 Å². The molecule has 0 bridgehead atoms. The number of ether oxygens (including phenoxy) is 3. The van der Waals surface area contributed by atoms with Gasteiger partial charge >= 0.3 is 11.9 Å². The molecule has 176 valence electrons. The molecule has 2 heterocycles. The number of imide groups is 1. The smallest absolute Gasteiger partial charge is 0.355 e. The largest absolute Gasteiger partial charge is 0.466 e. The number of methoxy groups -OCH3 is 2. The van der Waals surface area contributed by atoms with E-state index in [0.717, 1.165) is 4.90 Å². The number of amides is 2. The fraction of sp³-hybridized carbons (Fsp3) is 0.154. The van der Waals surface area contributed by atoms with Gasteiger partial charge < -0.3 is 19.1 Å². The van der Waals surface area contributed by atoms with Crippen LogP contribution in [0.15, 0.2) is 71.9 Å². The van der Waals surface area contributed by atoms with Crippen molar-refractivity contribution in [2.75, 3.05) is 37.4 Å². The van der Waals surface area contributed by atoms with Crippen LogP contribution in [0.5, 0.6) is 0 Å². The first-order valence-electron chi connectivity index (χ1n) is 10.7. The van der Waals surface area contributed by atoms with Gasteiger partial charge in [-0.1, -0.05) is 30.3 Å². The molecule has 0 spiro atoms. The molecule has 0 radical (unpaired) electrons. The van der Waals surface area contributed by atoms with Crippen LogP contribution in [0.2, 0.25) is 0 Å². The molecule has 0 N–H and O–H groups in total. The Balaban J connectivity index is 1.71. The molecule has 2 aliphatic heterocycles. The number of benzene rings is 3. The maximum absolute atomic E-state index is 13.4. The predicted molar refractivity (Wildman–Crippen MR) is 126 cm³/mol. The molecule has 0 saturated carbocycles. The molecular formula is C26H20N2O7. The van der Waals surface area contributed by atoms with Crippen LogP contribution in [-0.2, 0) is 23.8 Å². The molecule has 35 heavy (non-hydrogen) atoms. The minimum Gasteiger partial charge on any atom is -0.466 e. The maximum atomic E-state index is 13.4. The number of hydrogen-bond donors (Lipinski definition) is 0. The van der Waals surface area contributed by atoms with Crippen LogP contribution in [0, 0.1) is 0 Å². The molecule has 2 amide bonds. The van der Waals surface area contributed by atoms with Gasteiger partial charge in [-0.3, -0.25) is 9.59 Å². The third-order valence-electron chi connectivity index (χ3n) is 6.02. The summed E-state index contributed by atoms with van der Waals surface area (Å²) >= 11 is 0. The highest BCUT2D eigenvalue weighted by Crippen LogP contribution is 2.39. The molecule has 0 fully saturated rings. The molecule has 0 aromatic heterocycles. The topological polar surface area (TPSA) is 102 Å². The minimum absolute atomic E-state index is 0.00785. The summed E-state index contributed by atoms with van der Waals surface area (Å²) in [6, 6.07) is 17.1. The molecule has 0 aliphatic carbocycles. The molecule has 3 aromatic carbocycles. The predicted octanol–water partition coefficient (Wildman–Crippen LogP) is 3.03. The molecular weight excluding hydrogens is 452 g/mol. The Morgan fingerprint density at radius 1 is 0.829 bits per heavy atom. The molecule has 5 rings (SSSR count). The molecule has 9 heteroatoms. The Morgan fingerprint density at radius 3 is 2.20 bits per heavy atom. The highest BCUT2D eigenvalue weighted by atomic mass is 16.5. The lowest BCUT2D eigenvalue weighted by molar-refractivity contribution is -0.140. The second kappa shape index (κ2) is 8.69. The monoisotopic (exact) mass is 472 g/mol. The van der Waals surface area contributed by atoms with E-state index < -0.39 is 23.8 Å². The number of hydrogen-bond acceptors (Lipinski definition) is 8. The Labute approximate surface area is 200 Å². The summed E-state index contributed by atoms with van der Waals surface area (Å²) in [5, 5.41) is 1.01. The van der Waals surface area contributed by atoms with E-state index in [9.17, 15) is 19.2 Å². The van der Waals surface area contributed by atoms with Crippen molar-refractivity contribution in [2.45, 2.75) is 0 Å². The van der Waals surface area contributed by atoms with Crippen LogP contribution < -0.4 is 9.80 Å². The van der Waals surface area contributed by atoms with Crippen molar-refractivity contribution >= 4 is 45.9 Å². The van der Waals surface area contributed by atoms with E-state index in [2.05, 4.69) is 0 Å². The van der Waals surface area contributed by atoms with Crippen LogP contribution in [0.3, 0.4) is 0 Å². The Hall–Kier alpha value is -4.50. The van der Waals surface area contributed by atoms with Crippen LogP contribution in [0.4, 0.5) is 11.4 Å². The number of nitrogens with zero attached hydrogens (tertiary/aromatic N) is 2. The number of rotatable bonds is 4. The number of carbonyl (C=O) groups is 4. The summed E-state index contributed by atoms with van der Waals surface area (Å²) in [5.74, 6) is -2.37. The normalized spacial score (nSPS) is 15.5. The number of carbonyl (C=O) groups excluding carboxylic acids is 4. The second-order valence-corrected chi connectivity index (χ2v) is 7.86. The standard InChI is InChI=1S/C26H20N2O7/c1-33-25(31)19-13-35-14-27(22(19)26(32)34-2)20-12-11-18-21-16(20)9-6-10-17(21)23(29)28(24(18)30)15-7-4-3-5-8-15/h3-12H,13-14H2,1-2H3. The van der Waals surface area contributed by atoms with Crippen molar-refractivity contribution < 1.29 is 33.4 Å².